The minimum atomic E-state index is 0.663. The van der Waals surface area contributed by atoms with E-state index in [1.807, 2.05) is 0 Å². The van der Waals surface area contributed by atoms with Gasteiger partial charge in [0.2, 0.25) is 0 Å². The third kappa shape index (κ3) is 2.94. The molecular weight excluding hydrogens is 88.1 g/mol. The van der Waals surface area contributed by atoms with Crippen LogP contribution in [0.25, 0.3) is 5.53 Å². The first-order valence-electron chi connectivity index (χ1n) is 2.09. The standard InChI is InChI=1S/C5H8N2/c1-3-4-5(2)7-6/h3H,1,4H2,2H3. The highest BCUT2D eigenvalue weighted by Crippen LogP contribution is 1.78. The lowest BCUT2D eigenvalue weighted by Gasteiger charge is -1.71. The van der Waals surface area contributed by atoms with Gasteiger partial charge in [0, 0.05) is 6.92 Å². The molecule has 0 aromatic rings. The van der Waals surface area contributed by atoms with Crippen LogP contribution in [0.1, 0.15) is 13.3 Å². The highest BCUT2D eigenvalue weighted by atomic mass is 14.8. The van der Waals surface area contributed by atoms with Crippen molar-refractivity contribution in [2.45, 2.75) is 13.3 Å². The topological polar surface area (TPSA) is 36.4 Å². The molecule has 0 aliphatic heterocycles. The van der Waals surface area contributed by atoms with Crippen molar-refractivity contribution in [3.63, 3.8) is 0 Å². The summed E-state index contributed by atoms with van der Waals surface area (Å²) in [6.07, 6.45) is 2.35. The van der Waals surface area contributed by atoms with E-state index in [1.165, 1.54) is 0 Å². The van der Waals surface area contributed by atoms with Crippen LogP contribution in [-0.2, 0) is 0 Å². The van der Waals surface area contributed by atoms with Crippen LogP contribution in [0.5, 0.6) is 0 Å². The highest BCUT2D eigenvalue weighted by molar-refractivity contribution is 5.77. The molecule has 2 heteroatoms. The first-order valence-corrected chi connectivity index (χ1v) is 2.09. The lowest BCUT2D eigenvalue weighted by molar-refractivity contribution is -0.00787. The summed E-state index contributed by atoms with van der Waals surface area (Å²) in [4.78, 5) is 2.92. The van der Waals surface area contributed by atoms with E-state index in [4.69, 9.17) is 5.53 Å². The van der Waals surface area contributed by atoms with Crippen LogP contribution in [-0.4, -0.2) is 10.5 Å². The molecule has 2 nitrogen and oxygen atoms in total. The lowest BCUT2D eigenvalue weighted by atomic mass is 10.3. The Bertz CT molecular complexity index is 109. The Balaban J connectivity index is 3.58. The maximum Gasteiger partial charge on any atom is 0.269 e. The van der Waals surface area contributed by atoms with E-state index in [-0.39, 0.29) is 0 Å². The summed E-state index contributed by atoms with van der Waals surface area (Å²) in [5, 5.41) is 0. The zero-order valence-electron chi connectivity index (χ0n) is 4.39. The molecule has 0 rings (SSSR count). The van der Waals surface area contributed by atoms with Gasteiger partial charge in [-0.15, -0.1) is 6.58 Å². The maximum atomic E-state index is 8.01. The van der Waals surface area contributed by atoms with E-state index in [1.54, 1.807) is 13.0 Å². The van der Waals surface area contributed by atoms with Crippen LogP contribution in [0.3, 0.4) is 0 Å². The molecule has 0 aliphatic carbocycles. The number of hydrogen-bond acceptors (Lipinski definition) is 0. The summed E-state index contributed by atoms with van der Waals surface area (Å²) in [7, 11) is 0. The number of nitrogens with zero attached hydrogens (tertiary/aromatic N) is 2. The second kappa shape index (κ2) is 3.32. The molecule has 7 heavy (non-hydrogen) atoms. The van der Waals surface area contributed by atoms with Crippen LogP contribution in [0.15, 0.2) is 12.7 Å². The van der Waals surface area contributed by atoms with Crippen molar-refractivity contribution in [1.82, 2.24) is 0 Å². The van der Waals surface area contributed by atoms with Crippen molar-refractivity contribution in [2.75, 3.05) is 0 Å². The van der Waals surface area contributed by atoms with E-state index >= 15 is 0 Å². The van der Waals surface area contributed by atoms with Crippen molar-refractivity contribution >= 4 is 5.71 Å². The van der Waals surface area contributed by atoms with Crippen molar-refractivity contribution in [1.29, 1.82) is 0 Å². The quantitative estimate of drug-likeness (QED) is 0.215. The first-order chi connectivity index (χ1) is 3.31. The molecule has 0 saturated carbocycles. The average Bonchev–Trinajstić information content (AvgIpc) is 1.68. The summed E-state index contributed by atoms with van der Waals surface area (Å²) in [5.74, 6) is 0. The highest BCUT2D eigenvalue weighted by Gasteiger charge is 1.89. The molecule has 0 aliphatic rings. The SMILES string of the molecule is C=CCC(C)=[N+]=[N-]. The van der Waals surface area contributed by atoms with Gasteiger partial charge in [-0.1, -0.05) is 6.08 Å². The van der Waals surface area contributed by atoms with Crippen LogP contribution >= 0.6 is 0 Å². The predicted octanol–water partition coefficient (Wildman–Crippen LogP) is 1.25. The smallest absolute Gasteiger partial charge is 0.269 e. The van der Waals surface area contributed by atoms with Gasteiger partial charge in [0.1, 0.15) is 0 Å². The fraction of sp³-hybridized carbons (Fsp3) is 0.400. The molecule has 0 N–H and O–H groups in total. The monoisotopic (exact) mass is 96.1 g/mol. The number of hydrogen-bond donors (Lipinski definition) is 0. The summed E-state index contributed by atoms with van der Waals surface area (Å²) in [5.41, 5.74) is 8.70. The summed E-state index contributed by atoms with van der Waals surface area (Å²) < 4.78 is 0. The third-order valence-electron chi connectivity index (χ3n) is 0.610. The van der Waals surface area contributed by atoms with E-state index in [2.05, 4.69) is 11.4 Å². The van der Waals surface area contributed by atoms with Crippen molar-refractivity contribution in [3.05, 3.63) is 18.2 Å². The normalized spacial score (nSPS) is 7.00. The predicted molar refractivity (Wildman–Crippen MR) is 29.1 cm³/mol. The van der Waals surface area contributed by atoms with Crippen LogP contribution in [0.2, 0.25) is 0 Å². The molecule has 0 aromatic heterocycles. The molecule has 0 amide bonds. The second-order valence-electron chi connectivity index (χ2n) is 1.33. The molecular formula is C5H8N2. The Morgan fingerprint density at radius 1 is 2.00 bits per heavy atom. The molecule has 0 heterocycles. The van der Waals surface area contributed by atoms with Crippen LogP contribution < -0.4 is 0 Å². The van der Waals surface area contributed by atoms with Gasteiger partial charge < -0.3 is 5.53 Å². The largest absolute Gasteiger partial charge is 0.362 e. The van der Waals surface area contributed by atoms with Gasteiger partial charge in [0.25, 0.3) is 5.71 Å². The van der Waals surface area contributed by atoms with Gasteiger partial charge in [-0.25, -0.2) is 0 Å². The summed E-state index contributed by atoms with van der Waals surface area (Å²) in [6, 6.07) is 0. The van der Waals surface area contributed by atoms with Crippen LogP contribution in [0.4, 0.5) is 0 Å². The Morgan fingerprint density at radius 3 is 2.71 bits per heavy atom. The van der Waals surface area contributed by atoms with E-state index < -0.39 is 0 Å². The minimum Gasteiger partial charge on any atom is -0.362 e. The van der Waals surface area contributed by atoms with Crippen molar-refractivity contribution in [3.8, 4) is 0 Å². The van der Waals surface area contributed by atoms with Gasteiger partial charge in [0.05, 0.1) is 6.42 Å². The summed E-state index contributed by atoms with van der Waals surface area (Å²) in [6.45, 7) is 5.19. The molecule has 0 bridgehead atoms. The average molecular weight is 96.1 g/mol. The molecule has 0 spiro atoms. The summed E-state index contributed by atoms with van der Waals surface area (Å²) >= 11 is 0. The fourth-order valence-electron chi connectivity index (χ4n) is 0.250. The molecule has 0 aromatic carbocycles. The molecule has 0 unspecified atom stereocenters. The Labute approximate surface area is 43.1 Å². The fourth-order valence-corrected chi connectivity index (χ4v) is 0.250. The van der Waals surface area contributed by atoms with Gasteiger partial charge in [-0.2, -0.15) is 4.79 Å². The molecule has 0 saturated heterocycles. The van der Waals surface area contributed by atoms with Gasteiger partial charge in [-0.3, -0.25) is 0 Å². The van der Waals surface area contributed by atoms with E-state index in [0.29, 0.717) is 12.1 Å². The lowest BCUT2D eigenvalue weighted by Crippen LogP contribution is -1.86. The zero-order valence-corrected chi connectivity index (χ0v) is 4.39. The number of rotatable bonds is 2. The Morgan fingerprint density at radius 2 is 2.57 bits per heavy atom. The van der Waals surface area contributed by atoms with Crippen molar-refractivity contribution < 1.29 is 4.79 Å². The zero-order chi connectivity index (χ0) is 5.70. The minimum absolute atomic E-state index is 0.663. The number of allylic oxidation sites excluding steroid dienone is 1. The van der Waals surface area contributed by atoms with Gasteiger partial charge >= 0.3 is 0 Å². The third-order valence-corrected chi connectivity index (χ3v) is 0.610. The first kappa shape index (κ1) is 6.12. The van der Waals surface area contributed by atoms with Crippen molar-refractivity contribution in [2.24, 2.45) is 0 Å². The van der Waals surface area contributed by atoms with Crippen LogP contribution in [0, 0.1) is 0 Å². The molecule has 0 fully saturated rings. The van der Waals surface area contributed by atoms with E-state index in [9.17, 15) is 0 Å². The van der Waals surface area contributed by atoms with Gasteiger partial charge in [-0.05, 0) is 0 Å². The molecule has 0 atom stereocenters. The van der Waals surface area contributed by atoms with E-state index in [0.717, 1.165) is 0 Å². The Hall–Kier alpha value is -0.880. The second-order valence-corrected chi connectivity index (χ2v) is 1.33. The van der Waals surface area contributed by atoms with Gasteiger partial charge in [0.15, 0.2) is 0 Å². The maximum absolute atomic E-state index is 8.01. The molecule has 0 radical (unpaired) electrons. The Kier molecular flexibility index (Phi) is 2.90. The molecule has 38 valence electrons.